The van der Waals surface area contributed by atoms with Gasteiger partial charge in [-0.3, -0.25) is 4.79 Å². The fourth-order valence-corrected chi connectivity index (χ4v) is 2.27. The van der Waals surface area contributed by atoms with Gasteiger partial charge in [-0.25, -0.2) is 14.4 Å². The summed E-state index contributed by atoms with van der Waals surface area (Å²) in [5.41, 5.74) is 0.861. The molecule has 5 nitrogen and oxygen atoms in total. The van der Waals surface area contributed by atoms with Crippen LogP contribution in [-0.2, 0) is 9.53 Å². The second-order valence-corrected chi connectivity index (χ2v) is 6.03. The van der Waals surface area contributed by atoms with Crippen molar-refractivity contribution < 1.29 is 18.7 Å². The molecule has 2 atom stereocenters. The third kappa shape index (κ3) is 6.87. The molecule has 0 spiro atoms. The van der Waals surface area contributed by atoms with Crippen LogP contribution < -0.4 is 4.74 Å². The molecule has 25 heavy (non-hydrogen) atoms. The molecule has 0 bridgehead atoms. The van der Waals surface area contributed by atoms with E-state index in [4.69, 9.17) is 9.47 Å². The van der Waals surface area contributed by atoms with Crippen molar-refractivity contribution in [3.63, 3.8) is 0 Å². The summed E-state index contributed by atoms with van der Waals surface area (Å²) in [7, 11) is 0. The lowest BCUT2D eigenvalue weighted by Gasteiger charge is -2.08. The van der Waals surface area contributed by atoms with Crippen LogP contribution in [0.5, 0.6) is 5.75 Å². The fourth-order valence-electron chi connectivity index (χ4n) is 2.27. The monoisotopic (exact) mass is 346 g/mol. The van der Waals surface area contributed by atoms with Crippen LogP contribution in [0.15, 0.2) is 36.5 Å². The summed E-state index contributed by atoms with van der Waals surface area (Å²) in [6, 6.07) is 7.94. The smallest absolute Gasteiger partial charge is 0.302 e. The van der Waals surface area contributed by atoms with Gasteiger partial charge in [-0.15, -0.1) is 0 Å². The number of benzene rings is 1. The van der Waals surface area contributed by atoms with E-state index in [-0.39, 0.29) is 11.8 Å². The van der Waals surface area contributed by atoms with Crippen LogP contribution in [-0.4, -0.2) is 29.2 Å². The first-order valence-corrected chi connectivity index (χ1v) is 8.22. The van der Waals surface area contributed by atoms with Gasteiger partial charge in [0.25, 0.3) is 0 Å². The molecule has 1 aromatic carbocycles. The Morgan fingerprint density at radius 1 is 1.20 bits per heavy atom. The number of aromatic nitrogens is 2. The van der Waals surface area contributed by atoms with Crippen molar-refractivity contribution in [2.75, 3.05) is 13.2 Å². The second kappa shape index (κ2) is 9.11. The number of aryl methyl sites for hydroxylation is 2. The molecular weight excluding hydrogens is 323 g/mol. The fraction of sp³-hybridized carbons (Fsp3) is 0.421. The Bertz CT molecular complexity index is 694. The molecule has 1 aliphatic rings. The maximum atomic E-state index is 11.9. The normalized spacial score (nSPS) is 17.9. The molecule has 134 valence electrons. The third-order valence-electron chi connectivity index (χ3n) is 3.81. The van der Waals surface area contributed by atoms with Crippen LogP contribution in [0, 0.1) is 31.5 Å². The van der Waals surface area contributed by atoms with Crippen LogP contribution in [0.1, 0.15) is 24.9 Å². The first-order chi connectivity index (χ1) is 12.0. The highest BCUT2D eigenvalue weighted by Crippen LogP contribution is 2.39. The van der Waals surface area contributed by atoms with Crippen molar-refractivity contribution in [3.05, 3.63) is 53.9 Å². The van der Waals surface area contributed by atoms with E-state index >= 15 is 0 Å². The number of ether oxygens (including phenoxy) is 2. The van der Waals surface area contributed by atoms with E-state index in [1.807, 2.05) is 13.8 Å². The summed E-state index contributed by atoms with van der Waals surface area (Å²) >= 11 is 0. The lowest BCUT2D eigenvalue weighted by Crippen LogP contribution is -2.08. The lowest BCUT2D eigenvalue weighted by molar-refractivity contribution is -0.141. The molecule has 1 aromatic heterocycles. The minimum atomic E-state index is -0.218. The SMILES string of the molecule is CC(=O)OCC1CC1COc1cnc(C)nc1C.Fc1ccccc1. The first kappa shape index (κ1) is 18.8. The van der Waals surface area contributed by atoms with E-state index in [9.17, 15) is 9.18 Å². The van der Waals surface area contributed by atoms with Gasteiger partial charge in [-0.1, -0.05) is 18.2 Å². The first-order valence-electron chi connectivity index (χ1n) is 8.22. The van der Waals surface area contributed by atoms with Gasteiger partial charge >= 0.3 is 5.97 Å². The molecule has 1 heterocycles. The van der Waals surface area contributed by atoms with Gasteiger partial charge in [0, 0.05) is 6.92 Å². The van der Waals surface area contributed by atoms with Crippen LogP contribution in [0.4, 0.5) is 4.39 Å². The predicted octanol–water partition coefficient (Wildman–Crippen LogP) is 3.50. The zero-order valence-electron chi connectivity index (χ0n) is 14.7. The Morgan fingerprint density at radius 3 is 2.44 bits per heavy atom. The van der Waals surface area contributed by atoms with E-state index in [1.165, 1.54) is 19.1 Å². The molecule has 2 unspecified atom stereocenters. The van der Waals surface area contributed by atoms with Crippen LogP contribution in [0.3, 0.4) is 0 Å². The molecule has 1 aliphatic carbocycles. The predicted molar refractivity (Wildman–Crippen MR) is 91.6 cm³/mol. The van der Waals surface area contributed by atoms with E-state index in [2.05, 4.69) is 9.97 Å². The second-order valence-electron chi connectivity index (χ2n) is 6.03. The van der Waals surface area contributed by atoms with Gasteiger partial charge in [0.05, 0.1) is 25.1 Å². The Kier molecular flexibility index (Phi) is 6.86. The maximum Gasteiger partial charge on any atom is 0.302 e. The van der Waals surface area contributed by atoms with Gasteiger partial charge in [0.1, 0.15) is 11.6 Å². The number of carbonyl (C=O) groups is 1. The molecule has 0 radical (unpaired) electrons. The van der Waals surface area contributed by atoms with E-state index in [0.29, 0.717) is 25.0 Å². The van der Waals surface area contributed by atoms with Crippen molar-refractivity contribution in [2.45, 2.75) is 27.2 Å². The molecular formula is C19H23FN2O3. The number of halogens is 1. The molecule has 2 aromatic rings. The van der Waals surface area contributed by atoms with Crippen molar-refractivity contribution in [2.24, 2.45) is 11.8 Å². The molecule has 0 aliphatic heterocycles. The Hall–Kier alpha value is -2.50. The van der Waals surface area contributed by atoms with Crippen molar-refractivity contribution in [1.82, 2.24) is 9.97 Å². The Labute approximate surface area is 147 Å². The average Bonchev–Trinajstić information content (AvgIpc) is 3.32. The number of carbonyl (C=O) groups excluding carboxylic acids is 1. The highest BCUT2D eigenvalue weighted by atomic mass is 19.1. The number of hydrogen-bond acceptors (Lipinski definition) is 5. The zero-order valence-corrected chi connectivity index (χ0v) is 14.7. The van der Waals surface area contributed by atoms with Crippen LogP contribution >= 0.6 is 0 Å². The van der Waals surface area contributed by atoms with E-state index in [0.717, 1.165) is 23.7 Å². The highest BCUT2D eigenvalue weighted by Gasteiger charge is 2.38. The van der Waals surface area contributed by atoms with Gasteiger partial charge < -0.3 is 9.47 Å². The average molecular weight is 346 g/mol. The minimum absolute atomic E-state index is 0.178. The van der Waals surface area contributed by atoms with Gasteiger partial charge in [0.2, 0.25) is 0 Å². The molecule has 1 saturated carbocycles. The molecule has 6 heteroatoms. The number of nitrogens with zero attached hydrogens (tertiary/aromatic N) is 2. The van der Waals surface area contributed by atoms with Crippen molar-refractivity contribution in [1.29, 1.82) is 0 Å². The van der Waals surface area contributed by atoms with Crippen molar-refractivity contribution >= 4 is 5.97 Å². The van der Waals surface area contributed by atoms with Gasteiger partial charge in [0.15, 0.2) is 5.75 Å². The van der Waals surface area contributed by atoms with Crippen LogP contribution in [0.2, 0.25) is 0 Å². The summed E-state index contributed by atoms with van der Waals surface area (Å²) in [4.78, 5) is 19.0. The van der Waals surface area contributed by atoms with E-state index in [1.54, 1.807) is 24.4 Å². The minimum Gasteiger partial charge on any atom is -0.490 e. The van der Waals surface area contributed by atoms with Crippen LogP contribution in [0.25, 0.3) is 0 Å². The zero-order chi connectivity index (χ0) is 18.2. The van der Waals surface area contributed by atoms with E-state index < -0.39 is 0 Å². The van der Waals surface area contributed by atoms with Gasteiger partial charge in [-0.05, 0) is 44.2 Å². The number of esters is 1. The third-order valence-corrected chi connectivity index (χ3v) is 3.81. The topological polar surface area (TPSA) is 61.3 Å². The van der Waals surface area contributed by atoms with Gasteiger partial charge in [-0.2, -0.15) is 0 Å². The highest BCUT2D eigenvalue weighted by molar-refractivity contribution is 5.65. The molecule has 3 rings (SSSR count). The summed E-state index contributed by atoms with van der Waals surface area (Å²) in [6.07, 6.45) is 2.76. The standard InChI is InChI=1S/C13H18N2O3.C6H5F/c1-8-13(5-14-9(2)15-8)18-7-12-4-11(12)6-17-10(3)16;7-6-4-2-1-3-5-6/h5,11-12H,4,6-7H2,1-3H3;1-5H. The largest absolute Gasteiger partial charge is 0.490 e. The molecule has 1 fully saturated rings. The number of hydrogen-bond donors (Lipinski definition) is 0. The molecule has 0 saturated heterocycles. The number of rotatable bonds is 5. The Morgan fingerprint density at radius 2 is 1.88 bits per heavy atom. The van der Waals surface area contributed by atoms with Crippen molar-refractivity contribution in [3.8, 4) is 5.75 Å². The summed E-state index contributed by atoms with van der Waals surface area (Å²) in [5, 5.41) is 0. The summed E-state index contributed by atoms with van der Waals surface area (Å²) < 4.78 is 22.6. The molecule has 0 N–H and O–H groups in total. The maximum absolute atomic E-state index is 11.9. The quantitative estimate of drug-likeness (QED) is 0.776. The Balaban J connectivity index is 0.000000269. The summed E-state index contributed by atoms with van der Waals surface area (Å²) in [5.74, 6) is 2.01. The molecule has 0 amide bonds. The lowest BCUT2D eigenvalue weighted by atomic mass is 10.3. The summed E-state index contributed by atoms with van der Waals surface area (Å²) in [6.45, 7) is 6.34.